The van der Waals surface area contributed by atoms with Gasteiger partial charge in [0.25, 0.3) is 10.0 Å². The molecule has 0 atom stereocenters. The smallest absolute Gasteiger partial charge is 0.263 e. The van der Waals surface area contributed by atoms with Crippen molar-refractivity contribution in [1.82, 2.24) is 4.98 Å². The number of hydrogen-bond donors (Lipinski definition) is 2. The number of hydrogen-bond acceptors (Lipinski definition) is 5. The first-order valence-corrected chi connectivity index (χ1v) is 8.91. The van der Waals surface area contributed by atoms with Gasteiger partial charge in [0.05, 0.1) is 25.9 Å². The quantitative estimate of drug-likeness (QED) is 0.750. The summed E-state index contributed by atoms with van der Waals surface area (Å²) in [5.41, 5.74) is 1.11. The Balaban J connectivity index is 2.00. The number of thiazole rings is 1. The number of sulfonamides is 1. The zero-order valence-electron chi connectivity index (χ0n) is 11.4. The Morgan fingerprint density at radius 3 is 2.77 bits per heavy atom. The van der Waals surface area contributed by atoms with Crippen LogP contribution in [-0.4, -0.2) is 18.5 Å². The summed E-state index contributed by atoms with van der Waals surface area (Å²) in [5, 5.41) is 10.4. The number of nitrogens with zero attached hydrogens (tertiary/aromatic N) is 1. The van der Waals surface area contributed by atoms with E-state index in [-0.39, 0.29) is 15.7 Å². The van der Waals surface area contributed by atoms with E-state index in [4.69, 9.17) is 11.6 Å². The van der Waals surface area contributed by atoms with Gasteiger partial charge < -0.3 is 5.11 Å². The number of rotatable bonds is 3. The van der Waals surface area contributed by atoms with E-state index in [1.165, 1.54) is 23.5 Å². The van der Waals surface area contributed by atoms with E-state index in [2.05, 4.69) is 9.71 Å². The molecule has 0 aliphatic rings. The highest BCUT2D eigenvalue weighted by molar-refractivity contribution is 7.92. The molecule has 0 saturated heterocycles. The molecular formula is C14H11ClN2O3S2. The molecule has 22 heavy (non-hydrogen) atoms. The van der Waals surface area contributed by atoms with Crippen molar-refractivity contribution in [2.45, 2.75) is 11.8 Å². The molecule has 0 fully saturated rings. The number of benzene rings is 2. The number of halogens is 1. The standard InChI is InChI=1S/C14H11ClN2O3S2/c1-8-16-12-6-9(2-5-13(12)21-8)17-22(19,20)14-7-10(18)3-4-11(14)15/h2-7,17-18H,1H3. The van der Waals surface area contributed by atoms with Crippen LogP contribution < -0.4 is 4.72 Å². The van der Waals surface area contributed by atoms with Crippen LogP contribution in [0.2, 0.25) is 5.02 Å². The lowest BCUT2D eigenvalue weighted by molar-refractivity contribution is 0.473. The number of phenols is 1. The number of phenolic OH excluding ortho intramolecular Hbond substituents is 1. The number of fused-ring (bicyclic) bond motifs is 1. The highest BCUT2D eigenvalue weighted by atomic mass is 35.5. The van der Waals surface area contributed by atoms with E-state index >= 15 is 0 Å². The number of aromatic hydroxyl groups is 1. The number of nitrogens with one attached hydrogen (secondary N) is 1. The summed E-state index contributed by atoms with van der Waals surface area (Å²) in [4.78, 5) is 4.15. The molecular weight excluding hydrogens is 344 g/mol. The maximum Gasteiger partial charge on any atom is 0.263 e. The summed E-state index contributed by atoms with van der Waals surface area (Å²) in [5.74, 6) is -0.171. The molecule has 0 aliphatic carbocycles. The molecule has 0 saturated carbocycles. The van der Waals surface area contributed by atoms with E-state index < -0.39 is 10.0 Å². The van der Waals surface area contributed by atoms with Crippen LogP contribution in [0.25, 0.3) is 10.2 Å². The molecule has 0 bridgehead atoms. The lowest BCUT2D eigenvalue weighted by Gasteiger charge is -2.09. The van der Waals surface area contributed by atoms with Crippen LogP contribution >= 0.6 is 22.9 Å². The molecule has 0 radical (unpaired) electrons. The van der Waals surface area contributed by atoms with Gasteiger partial charge in [0, 0.05) is 6.07 Å². The van der Waals surface area contributed by atoms with Gasteiger partial charge in [0.2, 0.25) is 0 Å². The van der Waals surface area contributed by atoms with Crippen molar-refractivity contribution >= 4 is 48.9 Å². The Morgan fingerprint density at radius 2 is 2.00 bits per heavy atom. The highest BCUT2D eigenvalue weighted by Crippen LogP contribution is 2.29. The van der Waals surface area contributed by atoms with Crippen LogP contribution in [0.4, 0.5) is 5.69 Å². The fourth-order valence-corrected chi connectivity index (χ4v) is 4.39. The van der Waals surface area contributed by atoms with Crippen molar-refractivity contribution in [3.8, 4) is 5.75 Å². The van der Waals surface area contributed by atoms with Crippen LogP contribution in [0.5, 0.6) is 5.75 Å². The van der Waals surface area contributed by atoms with Gasteiger partial charge in [-0.05, 0) is 37.3 Å². The molecule has 0 aliphatic heterocycles. The van der Waals surface area contributed by atoms with Crippen molar-refractivity contribution in [2.24, 2.45) is 0 Å². The van der Waals surface area contributed by atoms with Crippen LogP contribution in [-0.2, 0) is 10.0 Å². The molecule has 114 valence electrons. The fraction of sp³-hybridized carbons (Fsp3) is 0.0714. The SMILES string of the molecule is Cc1nc2cc(NS(=O)(=O)c3cc(O)ccc3Cl)ccc2s1. The van der Waals surface area contributed by atoms with Crippen LogP contribution in [0.3, 0.4) is 0 Å². The van der Waals surface area contributed by atoms with Gasteiger partial charge in [-0.3, -0.25) is 4.72 Å². The predicted octanol–water partition coefficient (Wildman–Crippen LogP) is 3.76. The Labute approximate surface area is 136 Å². The van der Waals surface area contributed by atoms with Gasteiger partial charge in [-0.25, -0.2) is 13.4 Å². The van der Waals surface area contributed by atoms with Gasteiger partial charge in [-0.2, -0.15) is 0 Å². The van der Waals surface area contributed by atoms with Crippen LogP contribution in [0.15, 0.2) is 41.3 Å². The number of aryl methyl sites for hydroxylation is 1. The zero-order chi connectivity index (χ0) is 15.9. The van der Waals surface area contributed by atoms with E-state index in [9.17, 15) is 13.5 Å². The van der Waals surface area contributed by atoms with Gasteiger partial charge in [-0.1, -0.05) is 11.6 Å². The monoisotopic (exact) mass is 354 g/mol. The van der Waals surface area contributed by atoms with Gasteiger partial charge >= 0.3 is 0 Å². The average molecular weight is 355 g/mol. The van der Waals surface area contributed by atoms with E-state index in [1.54, 1.807) is 12.1 Å². The second kappa shape index (κ2) is 5.42. The molecule has 0 spiro atoms. The second-order valence-electron chi connectivity index (χ2n) is 4.64. The topological polar surface area (TPSA) is 79.3 Å². The Morgan fingerprint density at radius 1 is 1.23 bits per heavy atom. The molecule has 0 amide bonds. The first-order valence-electron chi connectivity index (χ1n) is 6.24. The lowest BCUT2D eigenvalue weighted by atomic mass is 10.3. The molecule has 3 rings (SSSR count). The summed E-state index contributed by atoms with van der Waals surface area (Å²) < 4.78 is 28.2. The average Bonchev–Trinajstić information content (AvgIpc) is 2.80. The lowest BCUT2D eigenvalue weighted by Crippen LogP contribution is -2.13. The first-order chi connectivity index (χ1) is 10.3. The molecule has 2 N–H and O–H groups in total. The van der Waals surface area contributed by atoms with Crippen molar-refractivity contribution < 1.29 is 13.5 Å². The summed E-state index contributed by atoms with van der Waals surface area (Å²) in [7, 11) is -3.89. The third-order valence-corrected chi connectivity index (χ3v) is 5.77. The predicted molar refractivity (Wildman–Crippen MR) is 88.3 cm³/mol. The second-order valence-corrected chi connectivity index (χ2v) is 7.93. The third-order valence-electron chi connectivity index (χ3n) is 2.95. The first kappa shape index (κ1) is 15.1. The minimum absolute atomic E-state index is 0.0379. The van der Waals surface area contributed by atoms with Gasteiger partial charge in [0.15, 0.2) is 0 Å². The summed E-state index contributed by atoms with van der Waals surface area (Å²) >= 11 is 7.44. The van der Waals surface area contributed by atoms with Crippen LogP contribution in [0, 0.1) is 6.92 Å². The van der Waals surface area contributed by atoms with Crippen molar-refractivity contribution in [3.05, 3.63) is 46.4 Å². The van der Waals surface area contributed by atoms with Crippen molar-refractivity contribution in [2.75, 3.05) is 4.72 Å². The Bertz CT molecular complexity index is 967. The minimum Gasteiger partial charge on any atom is -0.508 e. The van der Waals surface area contributed by atoms with Crippen LogP contribution in [0.1, 0.15) is 5.01 Å². The molecule has 1 heterocycles. The zero-order valence-corrected chi connectivity index (χ0v) is 13.8. The van der Waals surface area contributed by atoms with Crippen molar-refractivity contribution in [1.29, 1.82) is 0 Å². The molecule has 3 aromatic rings. The maximum atomic E-state index is 12.4. The normalized spacial score (nSPS) is 11.7. The Hall–Kier alpha value is -1.83. The summed E-state index contributed by atoms with van der Waals surface area (Å²) in [6, 6.07) is 8.89. The van der Waals surface area contributed by atoms with E-state index in [0.29, 0.717) is 5.69 Å². The molecule has 2 aromatic carbocycles. The van der Waals surface area contributed by atoms with Gasteiger partial charge in [0.1, 0.15) is 10.6 Å². The fourth-order valence-electron chi connectivity index (χ4n) is 2.01. The summed E-state index contributed by atoms with van der Waals surface area (Å²) in [6.45, 7) is 1.89. The molecule has 1 aromatic heterocycles. The van der Waals surface area contributed by atoms with Gasteiger partial charge in [-0.15, -0.1) is 11.3 Å². The highest BCUT2D eigenvalue weighted by Gasteiger charge is 2.19. The molecule has 8 heteroatoms. The molecule has 5 nitrogen and oxygen atoms in total. The van der Waals surface area contributed by atoms with Crippen molar-refractivity contribution in [3.63, 3.8) is 0 Å². The number of anilines is 1. The largest absolute Gasteiger partial charge is 0.508 e. The summed E-state index contributed by atoms with van der Waals surface area (Å²) in [6.07, 6.45) is 0. The maximum absolute atomic E-state index is 12.4. The Kier molecular flexibility index (Phi) is 3.72. The number of aromatic nitrogens is 1. The minimum atomic E-state index is -3.89. The molecule has 0 unspecified atom stereocenters. The van der Waals surface area contributed by atoms with E-state index in [0.717, 1.165) is 21.3 Å². The van der Waals surface area contributed by atoms with E-state index in [1.807, 2.05) is 13.0 Å². The third kappa shape index (κ3) is 2.87.